The number of benzene rings is 2. The molecule has 0 bridgehead atoms. The highest BCUT2D eigenvalue weighted by Gasteiger charge is 2.33. The highest BCUT2D eigenvalue weighted by Crippen LogP contribution is 2.33. The van der Waals surface area contributed by atoms with Crippen molar-refractivity contribution < 1.29 is 9.72 Å². The van der Waals surface area contributed by atoms with Gasteiger partial charge in [-0.2, -0.15) is 9.61 Å². The number of hydrogen-bond donors (Lipinski definition) is 0. The Balaban J connectivity index is 1.70. The quantitative estimate of drug-likeness (QED) is 0.317. The number of non-ortho nitro benzene ring substituents is 1. The van der Waals surface area contributed by atoms with Gasteiger partial charge in [-0.05, 0) is 24.3 Å². The molecule has 1 unspecified atom stereocenters. The molecule has 0 aliphatic carbocycles. The van der Waals surface area contributed by atoms with Crippen LogP contribution in [-0.2, 0) is 6.42 Å². The highest BCUT2D eigenvalue weighted by molar-refractivity contribution is 6.01. The second-order valence-corrected chi connectivity index (χ2v) is 6.49. The Morgan fingerprint density at radius 2 is 1.89 bits per heavy atom. The van der Waals surface area contributed by atoms with E-state index >= 15 is 0 Å². The van der Waals surface area contributed by atoms with E-state index in [2.05, 4.69) is 5.10 Å². The van der Waals surface area contributed by atoms with Crippen LogP contribution in [0.15, 0.2) is 59.5 Å². The molecule has 5 rings (SSSR count). The van der Waals surface area contributed by atoms with Gasteiger partial charge >= 0.3 is 0 Å². The highest BCUT2D eigenvalue weighted by atomic mass is 16.6. The first-order valence-corrected chi connectivity index (χ1v) is 8.35. The molecule has 0 radical (unpaired) electrons. The van der Waals surface area contributed by atoms with Gasteiger partial charge < -0.3 is 4.57 Å². The number of Topliss-reactive ketones (excluding diaryl/α,β-unsaturated/α-hetero) is 1. The molecule has 2 aromatic heterocycles. The first kappa shape index (κ1) is 15.4. The van der Waals surface area contributed by atoms with Crippen LogP contribution in [0.5, 0.6) is 0 Å². The lowest BCUT2D eigenvalue weighted by Gasteiger charge is -2.17. The Labute approximate surface area is 151 Å². The fraction of sp³-hybridized carbons (Fsp3) is 0.105. The van der Waals surface area contributed by atoms with Gasteiger partial charge in [-0.25, -0.2) is 0 Å². The van der Waals surface area contributed by atoms with Crippen molar-refractivity contribution in [1.29, 1.82) is 0 Å². The normalized spacial score (nSPS) is 15.5. The fourth-order valence-electron chi connectivity index (χ4n) is 3.78. The molecule has 0 N–H and O–H groups in total. The molecular formula is C19H12N4O4. The smallest absolute Gasteiger partial charge is 0.282 e. The number of aromatic nitrogens is 3. The van der Waals surface area contributed by atoms with E-state index in [1.54, 1.807) is 18.3 Å². The van der Waals surface area contributed by atoms with Gasteiger partial charge in [0.15, 0.2) is 5.78 Å². The molecule has 8 nitrogen and oxygen atoms in total. The molecule has 0 fully saturated rings. The van der Waals surface area contributed by atoms with E-state index < -0.39 is 11.0 Å². The molecule has 0 amide bonds. The number of nitro groups is 1. The third-order valence-corrected chi connectivity index (χ3v) is 5.02. The average molecular weight is 360 g/mol. The van der Waals surface area contributed by atoms with E-state index in [-0.39, 0.29) is 17.0 Å². The Hall–Kier alpha value is -3.81. The van der Waals surface area contributed by atoms with Gasteiger partial charge in [-0.15, -0.1) is 0 Å². The number of hydrogen-bond acceptors (Lipinski definition) is 5. The van der Waals surface area contributed by atoms with Crippen molar-refractivity contribution in [3.05, 3.63) is 86.3 Å². The van der Waals surface area contributed by atoms with Crippen LogP contribution in [0.2, 0.25) is 0 Å². The number of nitro benzene ring substituents is 1. The van der Waals surface area contributed by atoms with Crippen molar-refractivity contribution in [3.8, 4) is 0 Å². The maximum atomic E-state index is 13.2. The number of fused-ring (bicyclic) bond motifs is 2. The molecule has 1 aliphatic rings. The Kier molecular flexibility index (Phi) is 3.06. The molecule has 1 aliphatic heterocycles. The molecule has 27 heavy (non-hydrogen) atoms. The maximum Gasteiger partial charge on any atom is 0.282 e. The summed E-state index contributed by atoms with van der Waals surface area (Å²) in [5.74, 6) is -0.156. The monoisotopic (exact) mass is 360 g/mol. The van der Waals surface area contributed by atoms with Gasteiger partial charge in [0.05, 0.1) is 22.0 Å². The second kappa shape index (κ2) is 5.34. The van der Waals surface area contributed by atoms with Gasteiger partial charge in [-0.3, -0.25) is 19.7 Å². The maximum absolute atomic E-state index is 13.2. The topological polar surface area (TPSA) is 99.5 Å². The minimum absolute atomic E-state index is 0.0641. The SMILES string of the molecule is O=C(c1ccc([N+](=O)[O-])cc1)C1Cc2cnn3c(=O)c4ccccc4n1c23. The lowest BCUT2D eigenvalue weighted by atomic mass is 10.0. The van der Waals surface area contributed by atoms with E-state index in [1.807, 2.05) is 16.7 Å². The van der Waals surface area contributed by atoms with Crippen LogP contribution in [0.3, 0.4) is 0 Å². The van der Waals surface area contributed by atoms with Crippen LogP contribution in [-0.4, -0.2) is 24.9 Å². The largest absolute Gasteiger partial charge is 0.314 e. The van der Waals surface area contributed by atoms with Gasteiger partial charge in [0.25, 0.3) is 11.2 Å². The summed E-state index contributed by atoms with van der Waals surface area (Å²) in [4.78, 5) is 36.2. The first-order chi connectivity index (χ1) is 13.1. The molecule has 0 spiro atoms. The summed E-state index contributed by atoms with van der Waals surface area (Å²) in [6.45, 7) is 0. The molecule has 2 aromatic carbocycles. The minimum Gasteiger partial charge on any atom is -0.314 e. The molecule has 0 saturated carbocycles. The van der Waals surface area contributed by atoms with Crippen molar-refractivity contribution in [2.24, 2.45) is 0 Å². The minimum atomic E-state index is -0.528. The third-order valence-electron chi connectivity index (χ3n) is 5.02. The van der Waals surface area contributed by atoms with Crippen LogP contribution in [0.4, 0.5) is 5.69 Å². The average Bonchev–Trinajstić information content (AvgIpc) is 3.27. The van der Waals surface area contributed by atoms with Crippen LogP contribution < -0.4 is 5.56 Å². The van der Waals surface area contributed by atoms with E-state index in [1.165, 1.54) is 28.8 Å². The van der Waals surface area contributed by atoms with E-state index in [9.17, 15) is 19.7 Å². The predicted molar refractivity (Wildman–Crippen MR) is 97.1 cm³/mol. The van der Waals surface area contributed by atoms with Crippen LogP contribution in [0, 0.1) is 10.1 Å². The summed E-state index contributed by atoms with van der Waals surface area (Å²) in [7, 11) is 0. The molecular weight excluding hydrogens is 348 g/mol. The molecule has 3 heterocycles. The summed E-state index contributed by atoms with van der Waals surface area (Å²) >= 11 is 0. The van der Waals surface area contributed by atoms with Gasteiger partial charge in [0, 0.05) is 29.7 Å². The van der Waals surface area contributed by atoms with Crippen LogP contribution in [0.1, 0.15) is 22.0 Å². The van der Waals surface area contributed by atoms with Gasteiger partial charge in [0.2, 0.25) is 0 Å². The number of carbonyl (C=O) groups excluding carboxylic acids is 1. The zero-order chi connectivity index (χ0) is 18.7. The molecule has 1 atom stereocenters. The van der Waals surface area contributed by atoms with Crippen molar-refractivity contribution in [2.45, 2.75) is 12.5 Å². The number of carbonyl (C=O) groups is 1. The summed E-state index contributed by atoms with van der Waals surface area (Å²) < 4.78 is 3.18. The molecule has 0 saturated heterocycles. The summed E-state index contributed by atoms with van der Waals surface area (Å²) in [5, 5.41) is 15.5. The number of ketones is 1. The molecule has 8 heteroatoms. The zero-order valence-electron chi connectivity index (χ0n) is 13.9. The van der Waals surface area contributed by atoms with Crippen LogP contribution >= 0.6 is 0 Å². The van der Waals surface area contributed by atoms with Crippen molar-refractivity contribution in [3.63, 3.8) is 0 Å². The lowest BCUT2D eigenvalue weighted by Crippen LogP contribution is -2.24. The van der Waals surface area contributed by atoms with Crippen molar-refractivity contribution >= 4 is 28.0 Å². The van der Waals surface area contributed by atoms with Crippen LogP contribution in [0.25, 0.3) is 16.6 Å². The number of rotatable bonds is 3. The standard InChI is InChI=1S/C19H12N4O4/c24-17(11-5-7-13(8-6-11)23(26)27)16-9-12-10-20-22-18(12)21(16)15-4-2-1-3-14(15)19(22)25/h1-8,10,16H,9H2. The summed E-state index contributed by atoms with van der Waals surface area (Å²) in [6.07, 6.45) is 2.04. The van der Waals surface area contributed by atoms with Crippen molar-refractivity contribution in [1.82, 2.24) is 14.2 Å². The van der Waals surface area contributed by atoms with Gasteiger partial charge in [0.1, 0.15) is 11.7 Å². The Morgan fingerprint density at radius 3 is 2.63 bits per heavy atom. The molecule has 4 aromatic rings. The van der Waals surface area contributed by atoms with E-state index in [4.69, 9.17) is 0 Å². The fourth-order valence-corrected chi connectivity index (χ4v) is 3.78. The lowest BCUT2D eigenvalue weighted by molar-refractivity contribution is -0.384. The predicted octanol–water partition coefficient (Wildman–Crippen LogP) is 2.54. The number of para-hydroxylation sites is 1. The third kappa shape index (κ3) is 2.06. The first-order valence-electron chi connectivity index (χ1n) is 8.35. The van der Waals surface area contributed by atoms with Crippen molar-refractivity contribution in [2.75, 3.05) is 0 Å². The van der Waals surface area contributed by atoms with E-state index in [0.717, 1.165) is 5.56 Å². The summed E-state index contributed by atoms with van der Waals surface area (Å²) in [6, 6.07) is 12.2. The zero-order valence-corrected chi connectivity index (χ0v) is 13.9. The molecule has 132 valence electrons. The Morgan fingerprint density at radius 1 is 1.15 bits per heavy atom. The number of nitrogens with zero attached hydrogens (tertiary/aromatic N) is 4. The Bertz CT molecular complexity index is 1320. The summed E-state index contributed by atoms with van der Waals surface area (Å²) in [5.41, 5.74) is 2.24. The second-order valence-electron chi connectivity index (χ2n) is 6.49. The van der Waals surface area contributed by atoms with Gasteiger partial charge in [-0.1, -0.05) is 12.1 Å². The van der Waals surface area contributed by atoms with E-state index in [0.29, 0.717) is 28.5 Å².